The van der Waals surface area contributed by atoms with Crippen LogP contribution in [0.25, 0.3) is 11.4 Å². The SMILES string of the molecule is CCn1nnc(-c2ccc(CN3N=NC4C(=O)N(c5ccc(Cl)cc5)C(=O)C43)cc2)n1. The summed E-state index contributed by atoms with van der Waals surface area (Å²) in [7, 11) is 0. The molecule has 0 N–H and O–H groups in total. The Morgan fingerprint density at radius 3 is 2.42 bits per heavy atom. The Balaban J connectivity index is 1.33. The van der Waals surface area contributed by atoms with Gasteiger partial charge in [0.05, 0.1) is 18.8 Å². The lowest BCUT2D eigenvalue weighted by Gasteiger charge is -2.20. The fraction of sp³-hybridized carbons (Fsp3) is 0.250. The van der Waals surface area contributed by atoms with Crippen LogP contribution in [0.5, 0.6) is 0 Å². The van der Waals surface area contributed by atoms with Crippen LogP contribution in [0.15, 0.2) is 58.9 Å². The molecule has 11 heteroatoms. The molecule has 1 fully saturated rings. The Bertz CT molecular complexity index is 1170. The van der Waals surface area contributed by atoms with Crippen molar-refractivity contribution in [3.05, 3.63) is 59.1 Å². The molecular formula is C20H17ClN8O2. The van der Waals surface area contributed by atoms with Gasteiger partial charge in [-0.1, -0.05) is 41.1 Å². The van der Waals surface area contributed by atoms with E-state index in [-0.39, 0.29) is 11.8 Å². The third-order valence-electron chi connectivity index (χ3n) is 5.24. The van der Waals surface area contributed by atoms with Gasteiger partial charge in [-0.05, 0) is 42.0 Å². The lowest BCUT2D eigenvalue weighted by molar-refractivity contribution is -0.123. The second-order valence-electron chi connectivity index (χ2n) is 7.18. The van der Waals surface area contributed by atoms with Crippen molar-refractivity contribution in [3.63, 3.8) is 0 Å². The monoisotopic (exact) mass is 436 g/mol. The van der Waals surface area contributed by atoms with Crippen molar-refractivity contribution in [2.24, 2.45) is 10.3 Å². The normalized spacial score (nSPS) is 20.1. The third kappa shape index (κ3) is 3.34. The molecule has 1 saturated heterocycles. The number of halogens is 1. The largest absolute Gasteiger partial charge is 0.271 e. The summed E-state index contributed by atoms with van der Waals surface area (Å²) < 4.78 is 0. The Morgan fingerprint density at radius 1 is 1.00 bits per heavy atom. The molecule has 2 aromatic carbocycles. The van der Waals surface area contributed by atoms with Crippen LogP contribution in [0.3, 0.4) is 0 Å². The molecule has 0 radical (unpaired) electrons. The molecule has 2 unspecified atom stereocenters. The van der Waals surface area contributed by atoms with Gasteiger partial charge >= 0.3 is 0 Å². The molecule has 0 saturated carbocycles. The first-order valence-electron chi connectivity index (χ1n) is 9.73. The second kappa shape index (κ2) is 7.55. The van der Waals surface area contributed by atoms with Crippen molar-refractivity contribution in [2.45, 2.75) is 32.1 Å². The summed E-state index contributed by atoms with van der Waals surface area (Å²) in [5.41, 5.74) is 2.22. The number of hydrogen-bond acceptors (Lipinski definition) is 8. The zero-order valence-corrected chi connectivity index (χ0v) is 17.2. The van der Waals surface area contributed by atoms with Crippen molar-refractivity contribution in [1.82, 2.24) is 25.2 Å². The third-order valence-corrected chi connectivity index (χ3v) is 5.49. The number of rotatable bonds is 5. The molecular weight excluding hydrogens is 420 g/mol. The molecule has 2 atom stereocenters. The Kier molecular flexibility index (Phi) is 4.70. The predicted octanol–water partition coefficient (Wildman–Crippen LogP) is 2.51. The minimum absolute atomic E-state index is 0.341. The number of carbonyl (C=O) groups excluding carboxylic acids is 2. The number of nitrogens with zero attached hydrogens (tertiary/aromatic N) is 8. The molecule has 0 aliphatic carbocycles. The van der Waals surface area contributed by atoms with E-state index in [0.29, 0.717) is 29.6 Å². The summed E-state index contributed by atoms with van der Waals surface area (Å²) in [5, 5.41) is 22.5. The summed E-state index contributed by atoms with van der Waals surface area (Å²) in [6.45, 7) is 2.93. The molecule has 3 heterocycles. The molecule has 156 valence electrons. The minimum Gasteiger partial charge on any atom is -0.271 e. The zero-order chi connectivity index (χ0) is 21.5. The van der Waals surface area contributed by atoms with Crippen molar-refractivity contribution in [3.8, 4) is 11.4 Å². The van der Waals surface area contributed by atoms with Gasteiger partial charge in [-0.15, -0.1) is 10.2 Å². The molecule has 1 aromatic heterocycles. The van der Waals surface area contributed by atoms with Crippen LogP contribution in [0.1, 0.15) is 12.5 Å². The Morgan fingerprint density at radius 2 is 1.74 bits per heavy atom. The molecule has 5 rings (SSSR count). The maximum Gasteiger partial charge on any atom is 0.263 e. The molecule has 31 heavy (non-hydrogen) atoms. The van der Waals surface area contributed by atoms with Crippen molar-refractivity contribution in [1.29, 1.82) is 0 Å². The summed E-state index contributed by atoms with van der Waals surface area (Å²) in [6.07, 6.45) is 0. The maximum atomic E-state index is 13.0. The van der Waals surface area contributed by atoms with Gasteiger partial charge < -0.3 is 0 Å². The average Bonchev–Trinajstić information content (AvgIpc) is 3.48. The van der Waals surface area contributed by atoms with Gasteiger partial charge in [0.2, 0.25) is 5.82 Å². The second-order valence-corrected chi connectivity index (χ2v) is 7.62. The molecule has 3 aromatic rings. The number of aryl methyl sites for hydroxylation is 1. The number of benzene rings is 2. The fourth-order valence-electron chi connectivity index (χ4n) is 3.64. The highest BCUT2D eigenvalue weighted by atomic mass is 35.5. The van der Waals surface area contributed by atoms with E-state index in [1.165, 1.54) is 4.80 Å². The van der Waals surface area contributed by atoms with Gasteiger partial charge in [0, 0.05) is 10.6 Å². The number of imide groups is 1. The number of fused-ring (bicyclic) bond motifs is 1. The molecule has 2 aliphatic rings. The summed E-state index contributed by atoms with van der Waals surface area (Å²) in [5.74, 6) is -0.187. The highest BCUT2D eigenvalue weighted by Crippen LogP contribution is 2.33. The van der Waals surface area contributed by atoms with E-state index < -0.39 is 12.1 Å². The lowest BCUT2D eigenvalue weighted by Crippen LogP contribution is -2.39. The van der Waals surface area contributed by atoms with E-state index in [0.717, 1.165) is 16.0 Å². The summed E-state index contributed by atoms with van der Waals surface area (Å²) in [4.78, 5) is 28.5. The highest BCUT2D eigenvalue weighted by molar-refractivity contribution is 6.31. The van der Waals surface area contributed by atoms with Crippen LogP contribution >= 0.6 is 11.6 Å². The number of hydrogen-bond donors (Lipinski definition) is 0. The van der Waals surface area contributed by atoms with Crippen molar-refractivity contribution in [2.75, 3.05) is 4.90 Å². The summed E-state index contributed by atoms with van der Waals surface area (Å²) in [6, 6.07) is 12.6. The van der Waals surface area contributed by atoms with E-state index in [4.69, 9.17) is 11.6 Å². The van der Waals surface area contributed by atoms with Gasteiger partial charge in [0.1, 0.15) is 0 Å². The highest BCUT2D eigenvalue weighted by Gasteiger charge is 2.54. The number of aromatic nitrogens is 4. The van der Waals surface area contributed by atoms with E-state index >= 15 is 0 Å². The van der Waals surface area contributed by atoms with Gasteiger partial charge in [-0.25, -0.2) is 4.90 Å². The van der Waals surface area contributed by atoms with Gasteiger partial charge in [-0.3, -0.25) is 14.6 Å². The number of tetrazole rings is 1. The van der Waals surface area contributed by atoms with Crippen LogP contribution in [0.2, 0.25) is 5.02 Å². The Hall–Kier alpha value is -3.66. The minimum atomic E-state index is -0.837. The van der Waals surface area contributed by atoms with E-state index in [1.807, 2.05) is 31.2 Å². The smallest absolute Gasteiger partial charge is 0.263 e. The number of carbonyl (C=O) groups is 2. The van der Waals surface area contributed by atoms with Gasteiger partial charge in [-0.2, -0.15) is 9.91 Å². The molecule has 0 spiro atoms. The first kappa shape index (κ1) is 19.3. The lowest BCUT2D eigenvalue weighted by atomic mass is 10.1. The molecule has 0 bridgehead atoms. The van der Waals surface area contributed by atoms with Crippen LogP contribution in [-0.2, 0) is 22.7 Å². The average molecular weight is 437 g/mol. The number of anilines is 1. The molecule has 2 aliphatic heterocycles. The molecule has 2 amide bonds. The molecule has 10 nitrogen and oxygen atoms in total. The zero-order valence-electron chi connectivity index (χ0n) is 16.5. The van der Waals surface area contributed by atoms with Crippen molar-refractivity contribution >= 4 is 29.1 Å². The standard InChI is InChI=1S/C20H17ClN8O2/c1-2-28-24-18(23-26-28)13-5-3-12(4-6-13)11-27-17-16(22-25-27)19(30)29(20(17)31)15-9-7-14(21)8-10-15/h3-10,16-17H,2,11H2,1H3. The van der Waals surface area contributed by atoms with E-state index in [9.17, 15) is 9.59 Å². The summed E-state index contributed by atoms with van der Waals surface area (Å²) >= 11 is 5.92. The predicted molar refractivity (Wildman–Crippen MR) is 111 cm³/mol. The van der Waals surface area contributed by atoms with Gasteiger partial charge in [0.25, 0.3) is 11.8 Å². The van der Waals surface area contributed by atoms with Crippen molar-refractivity contribution < 1.29 is 9.59 Å². The van der Waals surface area contributed by atoms with Crippen LogP contribution in [-0.4, -0.2) is 49.1 Å². The first-order chi connectivity index (χ1) is 15.0. The van der Waals surface area contributed by atoms with Crippen LogP contribution in [0.4, 0.5) is 5.69 Å². The fourth-order valence-corrected chi connectivity index (χ4v) is 3.76. The topological polar surface area (TPSA) is 109 Å². The van der Waals surface area contributed by atoms with E-state index in [1.54, 1.807) is 29.3 Å². The van der Waals surface area contributed by atoms with Crippen LogP contribution in [0, 0.1) is 0 Å². The van der Waals surface area contributed by atoms with Crippen LogP contribution < -0.4 is 4.90 Å². The maximum absolute atomic E-state index is 13.0. The number of amides is 2. The quantitative estimate of drug-likeness (QED) is 0.568. The van der Waals surface area contributed by atoms with Gasteiger partial charge in [0.15, 0.2) is 12.1 Å². The van der Waals surface area contributed by atoms with E-state index in [2.05, 4.69) is 25.7 Å². The first-order valence-corrected chi connectivity index (χ1v) is 10.1. The Labute approximate surface area is 182 Å².